The largest absolute Gasteiger partial charge is 0.213 e. The zero-order valence-corrected chi connectivity index (χ0v) is 10.8. The molecule has 0 aromatic carbocycles. The number of nitrogens with zero attached hydrogens (tertiary/aromatic N) is 1. The Bertz CT molecular complexity index is 249. The zero-order valence-electron chi connectivity index (χ0n) is 9.95. The van der Waals surface area contributed by atoms with Gasteiger partial charge in [0, 0.05) is 13.1 Å². The average molecular weight is 221 g/mol. The van der Waals surface area contributed by atoms with E-state index in [2.05, 4.69) is 20.8 Å². The molecule has 0 amide bonds. The summed E-state index contributed by atoms with van der Waals surface area (Å²) in [5.74, 6) is 0.426. The van der Waals surface area contributed by atoms with Gasteiger partial charge in [-0.05, 0) is 12.3 Å². The van der Waals surface area contributed by atoms with E-state index in [9.17, 15) is 8.42 Å². The van der Waals surface area contributed by atoms with Gasteiger partial charge in [0.25, 0.3) is 0 Å². The summed E-state index contributed by atoms with van der Waals surface area (Å²) in [6.07, 6.45) is 4.26. The summed E-state index contributed by atoms with van der Waals surface area (Å²) in [7, 11) is -1.36. The highest BCUT2D eigenvalue weighted by molar-refractivity contribution is 7.88. The van der Waals surface area contributed by atoms with Crippen molar-refractivity contribution in [2.24, 2.45) is 5.92 Å². The number of hydrogen-bond acceptors (Lipinski definition) is 2. The van der Waals surface area contributed by atoms with Gasteiger partial charge in [-0.2, -0.15) is 0 Å². The van der Waals surface area contributed by atoms with Crippen LogP contribution < -0.4 is 0 Å². The molecule has 0 bridgehead atoms. The zero-order chi connectivity index (χ0) is 11.4. The molecule has 14 heavy (non-hydrogen) atoms. The summed E-state index contributed by atoms with van der Waals surface area (Å²) < 4.78 is 24.3. The molecule has 0 aliphatic heterocycles. The second kappa shape index (κ2) is 5.71. The van der Waals surface area contributed by atoms with Gasteiger partial charge in [0.05, 0.1) is 6.26 Å². The molecule has 0 spiro atoms. The third-order valence-corrected chi connectivity index (χ3v) is 4.19. The Balaban J connectivity index is 4.65. The quantitative estimate of drug-likeness (QED) is 0.689. The molecule has 0 N–H and O–H groups in total. The molecule has 0 aromatic heterocycles. The smallest absolute Gasteiger partial charge is 0.211 e. The Morgan fingerprint density at radius 1 is 1.29 bits per heavy atom. The summed E-state index contributed by atoms with van der Waals surface area (Å²) in [5.41, 5.74) is 0. The van der Waals surface area contributed by atoms with Crippen molar-refractivity contribution in [3.05, 3.63) is 0 Å². The predicted molar refractivity (Wildman–Crippen MR) is 60.8 cm³/mol. The Kier molecular flexibility index (Phi) is 5.67. The van der Waals surface area contributed by atoms with Crippen LogP contribution in [0.3, 0.4) is 0 Å². The van der Waals surface area contributed by atoms with E-state index in [0.717, 1.165) is 19.3 Å². The minimum absolute atomic E-state index is 0.153. The van der Waals surface area contributed by atoms with Crippen molar-refractivity contribution in [3.63, 3.8) is 0 Å². The Labute approximate surface area is 88.5 Å². The maximum atomic E-state index is 11.4. The van der Waals surface area contributed by atoms with E-state index in [1.807, 2.05) is 0 Å². The molecule has 2 unspecified atom stereocenters. The van der Waals surface area contributed by atoms with E-state index in [4.69, 9.17) is 0 Å². The van der Waals surface area contributed by atoms with Crippen molar-refractivity contribution in [1.82, 2.24) is 4.31 Å². The molecular formula is C10H23NO2S. The fraction of sp³-hybridized carbons (Fsp3) is 1.00. The van der Waals surface area contributed by atoms with Gasteiger partial charge in [0.1, 0.15) is 0 Å². The van der Waals surface area contributed by atoms with Crippen molar-refractivity contribution in [2.45, 2.75) is 46.1 Å². The normalized spacial score (nSPS) is 17.0. The molecule has 0 saturated heterocycles. The fourth-order valence-corrected chi connectivity index (χ4v) is 2.44. The lowest BCUT2D eigenvalue weighted by molar-refractivity contribution is 0.259. The summed E-state index contributed by atoms with van der Waals surface area (Å²) in [4.78, 5) is 0. The highest BCUT2D eigenvalue weighted by Gasteiger charge is 2.25. The lowest BCUT2D eigenvalue weighted by Crippen LogP contribution is -2.40. The van der Waals surface area contributed by atoms with Crippen molar-refractivity contribution in [3.8, 4) is 0 Å². The summed E-state index contributed by atoms with van der Waals surface area (Å²) in [6.45, 7) is 6.30. The summed E-state index contributed by atoms with van der Waals surface area (Å²) in [6, 6.07) is 0.153. The van der Waals surface area contributed by atoms with Crippen LogP contribution in [-0.2, 0) is 10.0 Å². The van der Waals surface area contributed by atoms with E-state index in [0.29, 0.717) is 5.92 Å². The molecule has 0 aromatic rings. The fourth-order valence-electron chi connectivity index (χ4n) is 1.64. The first-order valence-corrected chi connectivity index (χ1v) is 7.12. The van der Waals surface area contributed by atoms with Gasteiger partial charge in [0.15, 0.2) is 0 Å². The van der Waals surface area contributed by atoms with E-state index >= 15 is 0 Å². The van der Waals surface area contributed by atoms with E-state index in [1.165, 1.54) is 10.6 Å². The maximum Gasteiger partial charge on any atom is 0.211 e. The SMILES string of the molecule is CCCC(C(C)CC)N(C)S(C)(=O)=O. The highest BCUT2D eigenvalue weighted by Crippen LogP contribution is 2.20. The minimum Gasteiger partial charge on any atom is -0.213 e. The summed E-state index contributed by atoms with van der Waals surface area (Å²) in [5, 5.41) is 0. The standard InChI is InChI=1S/C10H23NO2S/c1-6-8-10(9(3)7-2)11(4)14(5,12)13/h9-10H,6-8H2,1-5H3. The number of hydrogen-bond donors (Lipinski definition) is 0. The van der Waals surface area contributed by atoms with Crippen LogP contribution in [0.5, 0.6) is 0 Å². The lowest BCUT2D eigenvalue weighted by Gasteiger charge is -2.30. The molecule has 3 nitrogen and oxygen atoms in total. The lowest BCUT2D eigenvalue weighted by atomic mass is 9.95. The van der Waals surface area contributed by atoms with E-state index in [-0.39, 0.29) is 6.04 Å². The third kappa shape index (κ3) is 3.96. The molecule has 4 heteroatoms. The molecule has 2 atom stereocenters. The first-order valence-electron chi connectivity index (χ1n) is 5.27. The molecule has 86 valence electrons. The first-order chi connectivity index (χ1) is 6.34. The Morgan fingerprint density at radius 3 is 2.07 bits per heavy atom. The van der Waals surface area contributed by atoms with Crippen LogP contribution >= 0.6 is 0 Å². The minimum atomic E-state index is -3.05. The summed E-state index contributed by atoms with van der Waals surface area (Å²) >= 11 is 0. The number of sulfonamides is 1. The van der Waals surface area contributed by atoms with Gasteiger partial charge in [-0.1, -0.05) is 33.6 Å². The Morgan fingerprint density at radius 2 is 1.79 bits per heavy atom. The van der Waals surface area contributed by atoms with Crippen molar-refractivity contribution >= 4 is 10.0 Å². The second-order valence-electron chi connectivity index (χ2n) is 4.02. The molecular weight excluding hydrogens is 198 g/mol. The highest BCUT2D eigenvalue weighted by atomic mass is 32.2. The van der Waals surface area contributed by atoms with Crippen LogP contribution in [0.4, 0.5) is 0 Å². The van der Waals surface area contributed by atoms with E-state index < -0.39 is 10.0 Å². The Hall–Kier alpha value is -0.0900. The van der Waals surface area contributed by atoms with Crippen LogP contribution in [0.25, 0.3) is 0 Å². The van der Waals surface area contributed by atoms with Gasteiger partial charge in [-0.15, -0.1) is 0 Å². The van der Waals surface area contributed by atoms with Gasteiger partial charge >= 0.3 is 0 Å². The predicted octanol–water partition coefficient (Wildman–Crippen LogP) is 2.09. The van der Waals surface area contributed by atoms with Gasteiger partial charge in [0.2, 0.25) is 10.0 Å². The molecule has 0 rings (SSSR count). The van der Waals surface area contributed by atoms with Crippen LogP contribution in [-0.4, -0.2) is 32.1 Å². The van der Waals surface area contributed by atoms with Crippen LogP contribution in [0, 0.1) is 5.92 Å². The van der Waals surface area contributed by atoms with Crippen LogP contribution in [0.2, 0.25) is 0 Å². The molecule has 0 aliphatic rings. The van der Waals surface area contributed by atoms with Crippen molar-refractivity contribution < 1.29 is 8.42 Å². The number of rotatable bonds is 6. The van der Waals surface area contributed by atoms with Crippen LogP contribution in [0.1, 0.15) is 40.0 Å². The molecule has 0 fully saturated rings. The second-order valence-corrected chi connectivity index (χ2v) is 6.06. The molecule has 0 saturated carbocycles. The maximum absolute atomic E-state index is 11.4. The van der Waals surface area contributed by atoms with Crippen molar-refractivity contribution in [1.29, 1.82) is 0 Å². The third-order valence-electron chi connectivity index (χ3n) is 2.88. The molecule has 0 heterocycles. The first kappa shape index (κ1) is 13.9. The van der Waals surface area contributed by atoms with Crippen molar-refractivity contribution in [2.75, 3.05) is 13.3 Å². The monoisotopic (exact) mass is 221 g/mol. The molecule has 0 radical (unpaired) electrons. The van der Waals surface area contributed by atoms with E-state index in [1.54, 1.807) is 7.05 Å². The van der Waals surface area contributed by atoms with Gasteiger partial charge in [-0.3, -0.25) is 0 Å². The van der Waals surface area contributed by atoms with Crippen LogP contribution in [0.15, 0.2) is 0 Å². The van der Waals surface area contributed by atoms with Gasteiger partial charge < -0.3 is 0 Å². The topological polar surface area (TPSA) is 37.4 Å². The molecule has 0 aliphatic carbocycles. The van der Waals surface area contributed by atoms with Gasteiger partial charge in [-0.25, -0.2) is 12.7 Å². The average Bonchev–Trinajstić information content (AvgIpc) is 2.10.